The average molecular weight is 359 g/mol. The van der Waals surface area contributed by atoms with E-state index in [1.807, 2.05) is 17.5 Å². The minimum Gasteiger partial charge on any atom is -0.332 e. The molecule has 1 aromatic carbocycles. The lowest BCUT2D eigenvalue weighted by atomic mass is 10.2. The molecule has 124 valence electrons. The maximum absolute atomic E-state index is 11.8. The second-order valence-electron chi connectivity index (χ2n) is 4.77. The molecule has 0 spiro atoms. The maximum Gasteiger partial charge on any atom is 0.250 e. The highest BCUT2D eigenvalue weighted by molar-refractivity contribution is 7.80. The topological polar surface area (TPSA) is 70.2 Å². The van der Waals surface area contributed by atoms with Gasteiger partial charge in [0.15, 0.2) is 5.11 Å². The van der Waals surface area contributed by atoms with Crippen molar-refractivity contribution < 1.29 is 9.59 Å². The summed E-state index contributed by atoms with van der Waals surface area (Å²) in [5.74, 6) is -0.377. The van der Waals surface area contributed by atoms with Gasteiger partial charge in [-0.2, -0.15) is 0 Å². The Kier molecular flexibility index (Phi) is 6.65. The zero-order valence-electron chi connectivity index (χ0n) is 13.0. The van der Waals surface area contributed by atoms with E-state index >= 15 is 0 Å². The summed E-state index contributed by atoms with van der Waals surface area (Å²) in [6.45, 7) is 1.78. The molecule has 0 radical (unpaired) electrons. The first kappa shape index (κ1) is 17.8. The van der Waals surface area contributed by atoms with Crippen molar-refractivity contribution in [1.29, 1.82) is 0 Å². The highest BCUT2D eigenvalue weighted by Gasteiger charge is 2.04. The van der Waals surface area contributed by atoms with E-state index in [2.05, 4.69) is 16.0 Å². The van der Waals surface area contributed by atoms with Crippen molar-refractivity contribution in [2.75, 3.05) is 10.6 Å². The zero-order chi connectivity index (χ0) is 17.4. The van der Waals surface area contributed by atoms with Crippen LogP contribution in [0.3, 0.4) is 0 Å². The Labute approximate surface area is 149 Å². The van der Waals surface area contributed by atoms with E-state index in [0.29, 0.717) is 17.8 Å². The van der Waals surface area contributed by atoms with Crippen LogP contribution in [0.5, 0.6) is 0 Å². The summed E-state index contributed by atoms with van der Waals surface area (Å²) in [5.41, 5.74) is 1.34. The number of carbonyl (C=O) groups is 2. The van der Waals surface area contributed by atoms with Crippen LogP contribution < -0.4 is 16.0 Å². The van der Waals surface area contributed by atoms with Gasteiger partial charge in [0.05, 0.1) is 0 Å². The first-order chi connectivity index (χ1) is 11.6. The Balaban J connectivity index is 1.88. The first-order valence-electron chi connectivity index (χ1n) is 7.30. The molecule has 0 aliphatic heterocycles. The Hall–Kier alpha value is -2.51. The lowest BCUT2D eigenvalue weighted by Gasteiger charge is -2.10. The van der Waals surface area contributed by atoms with Crippen molar-refractivity contribution >= 4 is 57.9 Å². The fourth-order valence-electron chi connectivity index (χ4n) is 1.78. The van der Waals surface area contributed by atoms with E-state index in [1.165, 1.54) is 6.08 Å². The van der Waals surface area contributed by atoms with Crippen molar-refractivity contribution in [2.45, 2.75) is 13.3 Å². The van der Waals surface area contributed by atoms with Crippen LogP contribution in [-0.4, -0.2) is 16.9 Å². The van der Waals surface area contributed by atoms with Gasteiger partial charge >= 0.3 is 0 Å². The summed E-state index contributed by atoms with van der Waals surface area (Å²) >= 11 is 6.66. The normalized spacial score (nSPS) is 10.4. The molecule has 0 fully saturated rings. The van der Waals surface area contributed by atoms with E-state index in [9.17, 15) is 9.59 Å². The number of thiophene rings is 1. The average Bonchev–Trinajstić information content (AvgIpc) is 3.06. The molecule has 0 atom stereocenters. The summed E-state index contributed by atoms with van der Waals surface area (Å²) in [5, 5.41) is 10.4. The molecule has 2 amide bonds. The number of anilines is 2. The number of benzene rings is 1. The fraction of sp³-hybridized carbons (Fsp3) is 0.118. The highest BCUT2D eigenvalue weighted by atomic mass is 32.1. The quantitative estimate of drug-likeness (QED) is 0.563. The van der Waals surface area contributed by atoms with Crippen LogP contribution in [0.25, 0.3) is 6.08 Å². The van der Waals surface area contributed by atoms with Gasteiger partial charge in [0.2, 0.25) is 11.8 Å². The molecule has 1 aromatic heterocycles. The molecule has 7 heteroatoms. The summed E-state index contributed by atoms with van der Waals surface area (Å²) in [4.78, 5) is 24.2. The minimum absolute atomic E-state index is 0.0678. The molecule has 0 unspecified atom stereocenters. The molecule has 0 saturated heterocycles. The second-order valence-corrected chi connectivity index (χ2v) is 6.16. The number of carbonyl (C=O) groups excluding carboxylic acids is 2. The first-order valence-corrected chi connectivity index (χ1v) is 8.59. The molecular weight excluding hydrogens is 342 g/mol. The second kappa shape index (κ2) is 8.95. The van der Waals surface area contributed by atoms with Crippen molar-refractivity contribution in [2.24, 2.45) is 0 Å². The number of rotatable bonds is 5. The lowest BCUT2D eigenvalue weighted by Crippen LogP contribution is -2.32. The Morgan fingerprint density at radius 1 is 1.17 bits per heavy atom. The number of nitrogens with one attached hydrogen (secondary N) is 3. The Morgan fingerprint density at radius 2 is 1.92 bits per heavy atom. The molecule has 0 saturated carbocycles. The summed E-state index contributed by atoms with van der Waals surface area (Å²) < 4.78 is 0. The summed E-state index contributed by atoms with van der Waals surface area (Å²) in [7, 11) is 0. The summed E-state index contributed by atoms with van der Waals surface area (Å²) in [6, 6.07) is 10.9. The standard InChI is InChI=1S/C17H17N3O2S2/c1-2-15(21)18-12-5-3-6-13(11-12)19-17(23)20-16(22)9-8-14-7-4-10-24-14/h3-11H,2H2,1H3,(H,18,21)(H2,19,20,22,23)/b9-8+. The monoisotopic (exact) mass is 359 g/mol. The SMILES string of the molecule is CCC(=O)Nc1cccc(NC(=S)NC(=O)/C=C/c2cccs2)c1. The lowest BCUT2D eigenvalue weighted by molar-refractivity contribution is -0.116. The van der Waals surface area contributed by atoms with Crippen molar-refractivity contribution in [1.82, 2.24) is 5.32 Å². The number of amides is 2. The molecule has 3 N–H and O–H groups in total. The molecule has 1 heterocycles. The molecule has 0 bridgehead atoms. The number of hydrogen-bond donors (Lipinski definition) is 3. The number of thiocarbonyl (C=S) groups is 1. The van der Waals surface area contributed by atoms with Crippen LogP contribution in [0.2, 0.25) is 0 Å². The van der Waals surface area contributed by atoms with Gasteiger partial charge in [0, 0.05) is 28.7 Å². The minimum atomic E-state index is -0.309. The molecule has 2 rings (SSSR count). The van der Waals surface area contributed by atoms with Crippen molar-refractivity contribution in [3.05, 3.63) is 52.7 Å². The predicted molar refractivity (Wildman–Crippen MR) is 103 cm³/mol. The van der Waals surface area contributed by atoms with Gasteiger partial charge < -0.3 is 10.6 Å². The molecule has 0 aliphatic carbocycles. The maximum atomic E-state index is 11.8. The third kappa shape index (κ3) is 5.94. The molecule has 0 aliphatic rings. The van der Waals surface area contributed by atoms with E-state index in [4.69, 9.17) is 12.2 Å². The van der Waals surface area contributed by atoms with E-state index in [-0.39, 0.29) is 16.9 Å². The molecule has 5 nitrogen and oxygen atoms in total. The van der Waals surface area contributed by atoms with Crippen LogP contribution in [0.1, 0.15) is 18.2 Å². The zero-order valence-corrected chi connectivity index (χ0v) is 14.7. The van der Waals surface area contributed by atoms with Gasteiger partial charge in [-0.25, -0.2) is 0 Å². The van der Waals surface area contributed by atoms with Crippen molar-refractivity contribution in [3.8, 4) is 0 Å². The molecule has 24 heavy (non-hydrogen) atoms. The summed E-state index contributed by atoms with van der Waals surface area (Å²) in [6.07, 6.45) is 3.56. The Bertz CT molecular complexity index is 755. The predicted octanol–water partition coefficient (Wildman–Crippen LogP) is 3.62. The van der Waals surface area contributed by atoms with Gasteiger partial charge in [-0.1, -0.05) is 19.1 Å². The van der Waals surface area contributed by atoms with Gasteiger partial charge in [-0.15, -0.1) is 11.3 Å². The van der Waals surface area contributed by atoms with Gasteiger partial charge in [0.25, 0.3) is 0 Å². The van der Waals surface area contributed by atoms with Crippen molar-refractivity contribution in [3.63, 3.8) is 0 Å². The van der Waals surface area contributed by atoms with Gasteiger partial charge in [-0.3, -0.25) is 14.9 Å². The van der Waals surface area contributed by atoms with Crippen LogP contribution in [0, 0.1) is 0 Å². The van der Waals surface area contributed by atoms with E-state index in [1.54, 1.807) is 48.6 Å². The largest absolute Gasteiger partial charge is 0.332 e. The molecular formula is C17H17N3O2S2. The highest BCUT2D eigenvalue weighted by Crippen LogP contribution is 2.15. The van der Waals surface area contributed by atoms with Crippen LogP contribution in [0.15, 0.2) is 47.9 Å². The van der Waals surface area contributed by atoms with Crippen LogP contribution in [0.4, 0.5) is 11.4 Å². The van der Waals surface area contributed by atoms with Crippen LogP contribution >= 0.6 is 23.6 Å². The third-order valence-electron chi connectivity index (χ3n) is 2.90. The number of hydrogen-bond acceptors (Lipinski definition) is 4. The third-order valence-corrected chi connectivity index (χ3v) is 3.95. The smallest absolute Gasteiger partial charge is 0.250 e. The fourth-order valence-corrected chi connectivity index (χ4v) is 2.62. The Morgan fingerprint density at radius 3 is 2.58 bits per heavy atom. The van der Waals surface area contributed by atoms with E-state index < -0.39 is 0 Å². The van der Waals surface area contributed by atoms with Gasteiger partial charge in [0.1, 0.15) is 0 Å². The molecule has 2 aromatic rings. The van der Waals surface area contributed by atoms with Crippen LogP contribution in [-0.2, 0) is 9.59 Å². The van der Waals surface area contributed by atoms with Gasteiger partial charge in [-0.05, 0) is 47.9 Å². The van der Waals surface area contributed by atoms with E-state index in [0.717, 1.165) is 4.88 Å².